The third kappa shape index (κ3) is 6.10. The molecule has 2 amide bonds. The second-order valence-electron chi connectivity index (χ2n) is 5.73. The van der Waals surface area contributed by atoms with Gasteiger partial charge in [-0.15, -0.1) is 0 Å². The molecule has 2 aromatic rings. The van der Waals surface area contributed by atoms with Crippen LogP contribution in [0.1, 0.15) is 29.5 Å². The normalized spacial score (nSPS) is 10.6. The van der Waals surface area contributed by atoms with Crippen molar-refractivity contribution >= 4 is 23.7 Å². The number of carbonyl (C=O) groups is 2. The Kier molecular flexibility index (Phi) is 6.28. The maximum absolute atomic E-state index is 11.9. The first-order valence-corrected chi connectivity index (χ1v) is 7.92. The minimum Gasteiger partial charge on any atom is -0.508 e. The van der Waals surface area contributed by atoms with Crippen LogP contribution in [-0.2, 0) is 9.59 Å². The van der Waals surface area contributed by atoms with Crippen LogP contribution >= 0.6 is 0 Å². The molecule has 130 valence electrons. The molecule has 0 aliphatic carbocycles. The summed E-state index contributed by atoms with van der Waals surface area (Å²) in [6.07, 6.45) is 1.59. The first kappa shape index (κ1) is 18.2. The molecule has 0 aromatic heterocycles. The second-order valence-corrected chi connectivity index (χ2v) is 5.73. The maximum atomic E-state index is 11.9. The van der Waals surface area contributed by atoms with Crippen LogP contribution in [0.4, 0.5) is 5.69 Å². The average Bonchev–Trinajstić information content (AvgIpc) is 2.58. The standard InChI is InChI=1S/C19H21N3O3/c1-13-3-6-16(11-14(13)2)21-18(24)9-10-19(25)22-20-12-15-4-7-17(23)8-5-15/h3-8,11-12,23H,9-10H2,1-2H3,(H,21,24)(H,22,25). The van der Waals surface area contributed by atoms with E-state index in [0.29, 0.717) is 0 Å². The van der Waals surface area contributed by atoms with Crippen LogP contribution in [0.25, 0.3) is 0 Å². The molecule has 0 aliphatic rings. The van der Waals surface area contributed by atoms with Gasteiger partial charge in [-0.25, -0.2) is 5.43 Å². The highest BCUT2D eigenvalue weighted by molar-refractivity contribution is 5.93. The molecule has 2 rings (SSSR count). The first-order chi connectivity index (χ1) is 11.9. The summed E-state index contributed by atoms with van der Waals surface area (Å²) in [5.74, 6) is -0.401. The molecule has 3 N–H and O–H groups in total. The Balaban J connectivity index is 1.74. The molecule has 0 saturated heterocycles. The van der Waals surface area contributed by atoms with Crippen LogP contribution in [0.3, 0.4) is 0 Å². The number of nitrogens with zero attached hydrogens (tertiary/aromatic N) is 1. The summed E-state index contributed by atoms with van der Waals surface area (Å²) in [5, 5.41) is 15.8. The molecule has 25 heavy (non-hydrogen) atoms. The number of aromatic hydroxyl groups is 1. The van der Waals surface area contributed by atoms with Gasteiger partial charge in [0.15, 0.2) is 0 Å². The summed E-state index contributed by atoms with van der Waals surface area (Å²) >= 11 is 0. The number of nitrogens with one attached hydrogen (secondary N) is 2. The largest absolute Gasteiger partial charge is 0.508 e. The van der Waals surface area contributed by atoms with Crippen molar-refractivity contribution in [1.29, 1.82) is 0 Å². The second kappa shape index (κ2) is 8.63. The number of anilines is 1. The van der Waals surface area contributed by atoms with Crippen LogP contribution in [0.5, 0.6) is 5.75 Å². The molecule has 0 spiro atoms. The van der Waals surface area contributed by atoms with E-state index in [2.05, 4.69) is 15.8 Å². The third-order valence-corrected chi connectivity index (χ3v) is 3.67. The molecule has 6 heteroatoms. The van der Waals surface area contributed by atoms with Gasteiger partial charge in [-0.3, -0.25) is 9.59 Å². The zero-order valence-electron chi connectivity index (χ0n) is 14.2. The van der Waals surface area contributed by atoms with Crippen molar-refractivity contribution in [2.45, 2.75) is 26.7 Å². The van der Waals surface area contributed by atoms with E-state index in [1.807, 2.05) is 32.0 Å². The van der Waals surface area contributed by atoms with Gasteiger partial charge in [-0.1, -0.05) is 6.07 Å². The molecule has 0 radical (unpaired) electrons. The number of aryl methyl sites for hydroxylation is 2. The fraction of sp³-hybridized carbons (Fsp3) is 0.211. The predicted molar refractivity (Wildman–Crippen MR) is 97.6 cm³/mol. The molecule has 0 bridgehead atoms. The van der Waals surface area contributed by atoms with Crippen LogP contribution in [-0.4, -0.2) is 23.1 Å². The van der Waals surface area contributed by atoms with Gasteiger partial charge in [0, 0.05) is 18.5 Å². The quantitative estimate of drug-likeness (QED) is 0.558. The fourth-order valence-corrected chi connectivity index (χ4v) is 2.06. The highest BCUT2D eigenvalue weighted by Crippen LogP contribution is 2.14. The van der Waals surface area contributed by atoms with Gasteiger partial charge in [0.25, 0.3) is 0 Å². The first-order valence-electron chi connectivity index (χ1n) is 7.92. The van der Waals surface area contributed by atoms with Gasteiger partial charge in [-0.05, 0) is 66.9 Å². The van der Waals surface area contributed by atoms with E-state index < -0.39 is 0 Å². The lowest BCUT2D eigenvalue weighted by Crippen LogP contribution is -2.20. The van der Waals surface area contributed by atoms with Crippen molar-refractivity contribution in [2.75, 3.05) is 5.32 Å². The molecule has 0 heterocycles. The number of hydrazone groups is 1. The molecule has 0 aliphatic heterocycles. The van der Waals surface area contributed by atoms with Crippen molar-refractivity contribution in [3.05, 3.63) is 59.2 Å². The van der Waals surface area contributed by atoms with Crippen LogP contribution in [0.2, 0.25) is 0 Å². The average molecular weight is 339 g/mol. The Morgan fingerprint density at radius 1 is 1.00 bits per heavy atom. The topological polar surface area (TPSA) is 90.8 Å². The Hall–Kier alpha value is -3.15. The summed E-state index contributed by atoms with van der Waals surface area (Å²) in [6, 6.07) is 12.1. The van der Waals surface area contributed by atoms with E-state index in [-0.39, 0.29) is 30.4 Å². The summed E-state index contributed by atoms with van der Waals surface area (Å²) in [5.41, 5.74) is 6.08. The van der Waals surface area contributed by atoms with Crippen molar-refractivity contribution in [2.24, 2.45) is 5.10 Å². The van der Waals surface area contributed by atoms with E-state index in [4.69, 9.17) is 0 Å². The number of rotatable bonds is 6. The molecule has 2 aromatic carbocycles. The lowest BCUT2D eigenvalue weighted by molar-refractivity contribution is -0.124. The number of amides is 2. The van der Waals surface area contributed by atoms with Crippen LogP contribution in [0.15, 0.2) is 47.6 Å². The van der Waals surface area contributed by atoms with E-state index in [9.17, 15) is 14.7 Å². The molecule has 0 saturated carbocycles. The molecule has 0 atom stereocenters. The molecule has 0 fully saturated rings. The summed E-state index contributed by atoms with van der Waals surface area (Å²) < 4.78 is 0. The third-order valence-electron chi connectivity index (χ3n) is 3.67. The summed E-state index contributed by atoms with van der Waals surface area (Å²) in [6.45, 7) is 3.98. The zero-order chi connectivity index (χ0) is 18.2. The molecule has 0 unspecified atom stereocenters. The Labute approximate surface area is 146 Å². The van der Waals surface area contributed by atoms with Gasteiger partial charge in [-0.2, -0.15) is 5.10 Å². The van der Waals surface area contributed by atoms with Gasteiger partial charge in [0.2, 0.25) is 11.8 Å². The highest BCUT2D eigenvalue weighted by Gasteiger charge is 2.07. The summed E-state index contributed by atoms with van der Waals surface area (Å²) in [7, 11) is 0. The van der Waals surface area contributed by atoms with E-state index in [1.54, 1.807) is 12.1 Å². The number of hydrogen-bond acceptors (Lipinski definition) is 4. The van der Waals surface area contributed by atoms with Crippen molar-refractivity contribution in [3.8, 4) is 5.75 Å². The zero-order valence-corrected chi connectivity index (χ0v) is 14.2. The van der Waals surface area contributed by atoms with Gasteiger partial charge < -0.3 is 10.4 Å². The van der Waals surface area contributed by atoms with Crippen molar-refractivity contribution < 1.29 is 14.7 Å². The lowest BCUT2D eigenvalue weighted by Gasteiger charge is -2.07. The van der Waals surface area contributed by atoms with E-state index >= 15 is 0 Å². The van der Waals surface area contributed by atoms with Gasteiger partial charge in [0.1, 0.15) is 5.75 Å². The monoisotopic (exact) mass is 339 g/mol. The fourth-order valence-electron chi connectivity index (χ4n) is 2.06. The van der Waals surface area contributed by atoms with Crippen molar-refractivity contribution in [3.63, 3.8) is 0 Å². The van der Waals surface area contributed by atoms with Gasteiger partial charge >= 0.3 is 0 Å². The number of hydrogen-bond donors (Lipinski definition) is 3. The van der Waals surface area contributed by atoms with Crippen LogP contribution in [0, 0.1) is 13.8 Å². The van der Waals surface area contributed by atoms with E-state index in [1.165, 1.54) is 18.3 Å². The molecular formula is C19H21N3O3. The van der Waals surface area contributed by atoms with Crippen molar-refractivity contribution in [1.82, 2.24) is 5.43 Å². The Morgan fingerprint density at radius 3 is 2.36 bits per heavy atom. The highest BCUT2D eigenvalue weighted by atomic mass is 16.3. The van der Waals surface area contributed by atoms with E-state index in [0.717, 1.165) is 22.4 Å². The lowest BCUT2D eigenvalue weighted by atomic mass is 10.1. The number of phenolic OH excluding ortho intramolecular Hbond substituents is 1. The van der Waals surface area contributed by atoms with Gasteiger partial charge in [0.05, 0.1) is 6.21 Å². The Bertz CT molecular complexity index is 783. The SMILES string of the molecule is Cc1ccc(NC(=O)CCC(=O)NN=Cc2ccc(O)cc2)cc1C. The minimum atomic E-state index is -0.342. The smallest absolute Gasteiger partial charge is 0.240 e. The Morgan fingerprint density at radius 2 is 1.68 bits per heavy atom. The summed E-state index contributed by atoms with van der Waals surface area (Å²) in [4.78, 5) is 23.6. The number of benzene rings is 2. The predicted octanol–water partition coefficient (Wildman–Crippen LogP) is 2.88. The number of carbonyl (C=O) groups excluding carboxylic acids is 2. The molecule has 6 nitrogen and oxygen atoms in total. The maximum Gasteiger partial charge on any atom is 0.240 e. The van der Waals surface area contributed by atoms with Crippen LogP contribution < -0.4 is 10.7 Å². The minimum absolute atomic E-state index is 0.0452. The molecular weight excluding hydrogens is 318 g/mol. The number of phenols is 1.